The van der Waals surface area contributed by atoms with Crippen molar-refractivity contribution in [3.8, 4) is 0 Å². The molecule has 11 heavy (non-hydrogen) atoms. The summed E-state index contributed by atoms with van der Waals surface area (Å²) in [4.78, 5) is 4.03. The first-order valence-corrected chi connectivity index (χ1v) is 3.60. The Kier molecular flexibility index (Phi) is 2.35. The highest BCUT2D eigenvalue weighted by Crippen LogP contribution is 2.24. The predicted octanol–water partition coefficient (Wildman–Crippen LogP) is 1.57. The van der Waals surface area contributed by atoms with Gasteiger partial charge in [-0.05, 0) is 36.5 Å². The topological polar surface area (TPSA) is 38.9 Å². The van der Waals surface area contributed by atoms with Gasteiger partial charge in [-0.1, -0.05) is 0 Å². The Hall–Kier alpha value is -0.760. The van der Waals surface area contributed by atoms with Crippen LogP contribution < -0.4 is 5.73 Å². The minimum Gasteiger partial charge on any atom is -0.383 e. The molecule has 0 amide bonds. The van der Waals surface area contributed by atoms with Gasteiger partial charge in [0.25, 0.3) is 0 Å². The van der Waals surface area contributed by atoms with Crippen LogP contribution in [0.1, 0.15) is 17.5 Å². The van der Waals surface area contributed by atoms with E-state index in [0.29, 0.717) is 0 Å². The van der Waals surface area contributed by atoms with E-state index in [1.807, 2.05) is 0 Å². The molecule has 0 radical (unpaired) electrons. The van der Waals surface area contributed by atoms with E-state index in [9.17, 15) is 0 Å². The number of hydrogen-bond acceptors (Lipinski definition) is 2. The lowest BCUT2D eigenvalue weighted by atomic mass is 10.2. The van der Waals surface area contributed by atoms with Gasteiger partial charge in [0, 0.05) is 6.20 Å². The summed E-state index contributed by atoms with van der Waals surface area (Å²) in [6, 6.07) is 2.07. The standard InChI is InChI=1S/C8H10N2.ClH/c9-8-7-3-1-2-6(7)4-5-10-8;/h4-5H,1-3H2,(H2,9,10);1H. The molecule has 1 aliphatic carbocycles. The second-order valence-corrected chi connectivity index (χ2v) is 2.69. The Labute approximate surface area is 72.2 Å². The number of nitrogen functional groups attached to an aromatic ring is 1. The van der Waals surface area contributed by atoms with Crippen LogP contribution in [0.4, 0.5) is 5.82 Å². The maximum Gasteiger partial charge on any atom is 0.126 e. The highest BCUT2D eigenvalue weighted by molar-refractivity contribution is 5.85. The Morgan fingerprint density at radius 1 is 1.36 bits per heavy atom. The van der Waals surface area contributed by atoms with E-state index in [1.165, 1.54) is 24.0 Å². The Balaban J connectivity index is 0.000000605. The van der Waals surface area contributed by atoms with E-state index in [0.717, 1.165) is 12.2 Å². The fraction of sp³-hybridized carbons (Fsp3) is 0.375. The lowest BCUT2D eigenvalue weighted by Gasteiger charge is -1.99. The lowest BCUT2D eigenvalue weighted by molar-refractivity contribution is 0.912. The van der Waals surface area contributed by atoms with E-state index in [1.54, 1.807) is 6.20 Å². The Morgan fingerprint density at radius 2 is 2.18 bits per heavy atom. The minimum atomic E-state index is 0. The third-order valence-electron chi connectivity index (χ3n) is 2.06. The monoisotopic (exact) mass is 170 g/mol. The summed E-state index contributed by atoms with van der Waals surface area (Å²) in [5.41, 5.74) is 8.34. The van der Waals surface area contributed by atoms with Crippen LogP contribution in [0.2, 0.25) is 0 Å². The zero-order valence-electron chi connectivity index (χ0n) is 6.21. The molecule has 0 unspecified atom stereocenters. The van der Waals surface area contributed by atoms with Crippen molar-refractivity contribution in [2.45, 2.75) is 19.3 Å². The summed E-state index contributed by atoms with van der Waals surface area (Å²) in [5, 5.41) is 0. The average molecular weight is 171 g/mol. The Morgan fingerprint density at radius 3 is 2.91 bits per heavy atom. The lowest BCUT2D eigenvalue weighted by Crippen LogP contribution is -1.95. The second-order valence-electron chi connectivity index (χ2n) is 2.69. The third kappa shape index (κ3) is 1.31. The first-order valence-electron chi connectivity index (χ1n) is 3.60. The van der Waals surface area contributed by atoms with Gasteiger partial charge >= 0.3 is 0 Å². The molecule has 0 atom stereocenters. The molecule has 0 aliphatic heterocycles. The minimum absolute atomic E-state index is 0. The number of pyridine rings is 1. The number of aryl methyl sites for hydroxylation is 1. The van der Waals surface area contributed by atoms with Gasteiger partial charge in [-0.15, -0.1) is 12.4 Å². The van der Waals surface area contributed by atoms with Crippen molar-refractivity contribution < 1.29 is 0 Å². The largest absolute Gasteiger partial charge is 0.383 e. The van der Waals surface area contributed by atoms with Crippen molar-refractivity contribution in [1.82, 2.24) is 4.98 Å². The van der Waals surface area contributed by atoms with E-state index in [-0.39, 0.29) is 12.4 Å². The molecular formula is C8H11ClN2. The van der Waals surface area contributed by atoms with E-state index >= 15 is 0 Å². The normalized spacial score (nSPS) is 13.8. The summed E-state index contributed by atoms with van der Waals surface area (Å²) >= 11 is 0. The zero-order chi connectivity index (χ0) is 6.97. The van der Waals surface area contributed by atoms with Gasteiger partial charge in [0.15, 0.2) is 0 Å². The van der Waals surface area contributed by atoms with E-state index in [4.69, 9.17) is 5.73 Å². The first-order chi connectivity index (χ1) is 4.88. The van der Waals surface area contributed by atoms with Crippen LogP contribution in [0.5, 0.6) is 0 Å². The van der Waals surface area contributed by atoms with Gasteiger partial charge in [-0.25, -0.2) is 4.98 Å². The maximum atomic E-state index is 5.66. The van der Waals surface area contributed by atoms with Crippen LogP contribution in [0.15, 0.2) is 12.3 Å². The van der Waals surface area contributed by atoms with Crippen molar-refractivity contribution >= 4 is 18.2 Å². The molecule has 2 nitrogen and oxygen atoms in total. The molecular weight excluding hydrogens is 160 g/mol. The van der Waals surface area contributed by atoms with Crippen molar-refractivity contribution in [2.75, 3.05) is 5.73 Å². The van der Waals surface area contributed by atoms with Gasteiger partial charge in [0.1, 0.15) is 5.82 Å². The SMILES string of the molecule is Cl.Nc1nccc2c1CCC2. The molecule has 0 saturated heterocycles. The number of hydrogen-bond donors (Lipinski definition) is 1. The number of halogens is 1. The number of anilines is 1. The highest BCUT2D eigenvalue weighted by atomic mass is 35.5. The average Bonchev–Trinajstić information content (AvgIpc) is 2.36. The van der Waals surface area contributed by atoms with Crippen molar-refractivity contribution in [3.63, 3.8) is 0 Å². The van der Waals surface area contributed by atoms with Gasteiger partial charge in [-0.2, -0.15) is 0 Å². The maximum absolute atomic E-state index is 5.66. The van der Waals surface area contributed by atoms with Gasteiger partial charge in [0.05, 0.1) is 0 Å². The summed E-state index contributed by atoms with van der Waals surface area (Å²) in [5.74, 6) is 0.731. The van der Waals surface area contributed by atoms with Gasteiger partial charge in [-0.3, -0.25) is 0 Å². The van der Waals surface area contributed by atoms with Gasteiger partial charge < -0.3 is 5.73 Å². The third-order valence-corrected chi connectivity index (χ3v) is 2.06. The summed E-state index contributed by atoms with van der Waals surface area (Å²) in [6.07, 6.45) is 5.34. The molecule has 0 aromatic carbocycles. The molecule has 60 valence electrons. The summed E-state index contributed by atoms with van der Waals surface area (Å²) in [7, 11) is 0. The van der Waals surface area contributed by atoms with Crippen LogP contribution in [0.25, 0.3) is 0 Å². The van der Waals surface area contributed by atoms with Crippen molar-refractivity contribution in [3.05, 3.63) is 23.4 Å². The molecule has 0 bridgehead atoms. The van der Waals surface area contributed by atoms with Gasteiger partial charge in [0.2, 0.25) is 0 Å². The Bertz CT molecular complexity index is 260. The van der Waals surface area contributed by atoms with Crippen molar-refractivity contribution in [2.24, 2.45) is 0 Å². The fourth-order valence-electron chi connectivity index (χ4n) is 1.53. The predicted molar refractivity (Wildman–Crippen MR) is 47.9 cm³/mol. The number of nitrogens with zero attached hydrogens (tertiary/aromatic N) is 1. The van der Waals surface area contributed by atoms with Crippen molar-refractivity contribution in [1.29, 1.82) is 0 Å². The summed E-state index contributed by atoms with van der Waals surface area (Å²) < 4.78 is 0. The smallest absolute Gasteiger partial charge is 0.126 e. The quantitative estimate of drug-likeness (QED) is 0.642. The molecule has 2 N–H and O–H groups in total. The molecule has 3 heteroatoms. The zero-order valence-corrected chi connectivity index (χ0v) is 7.03. The second kappa shape index (κ2) is 3.09. The number of rotatable bonds is 0. The fourth-order valence-corrected chi connectivity index (χ4v) is 1.53. The molecule has 0 spiro atoms. The molecule has 0 fully saturated rings. The molecule has 2 rings (SSSR count). The summed E-state index contributed by atoms with van der Waals surface area (Å²) in [6.45, 7) is 0. The van der Waals surface area contributed by atoms with Crippen LogP contribution >= 0.6 is 12.4 Å². The van der Waals surface area contributed by atoms with Crippen LogP contribution in [-0.2, 0) is 12.8 Å². The highest BCUT2D eigenvalue weighted by Gasteiger charge is 2.12. The molecule has 1 aliphatic rings. The molecule has 1 heterocycles. The molecule has 0 saturated carbocycles. The van der Waals surface area contributed by atoms with E-state index < -0.39 is 0 Å². The number of aromatic nitrogens is 1. The van der Waals surface area contributed by atoms with Crippen LogP contribution in [-0.4, -0.2) is 4.98 Å². The molecule has 1 aromatic heterocycles. The van der Waals surface area contributed by atoms with E-state index in [2.05, 4.69) is 11.1 Å². The number of fused-ring (bicyclic) bond motifs is 1. The molecule has 1 aromatic rings. The first kappa shape index (κ1) is 8.34. The number of nitrogens with two attached hydrogens (primary N) is 1. The van der Waals surface area contributed by atoms with Crippen LogP contribution in [0.3, 0.4) is 0 Å². The van der Waals surface area contributed by atoms with Crippen LogP contribution in [0, 0.1) is 0 Å².